The molecule has 0 atom stereocenters. The van der Waals surface area contributed by atoms with E-state index < -0.39 is 0 Å². The van der Waals surface area contributed by atoms with E-state index in [0.717, 1.165) is 10.0 Å². The van der Waals surface area contributed by atoms with Crippen molar-refractivity contribution in [1.82, 2.24) is 0 Å². The van der Waals surface area contributed by atoms with Gasteiger partial charge in [-0.2, -0.15) is 5.26 Å². The molecule has 2 nitrogen and oxygen atoms in total. The maximum Gasteiger partial charge on any atom is 0.100 e. The Morgan fingerprint density at radius 3 is 2.92 bits per heavy atom. The first-order chi connectivity index (χ1) is 5.77. The number of methoxy groups -OCH3 is 1. The average molecular weight is 226 g/mol. The molecule has 0 aliphatic rings. The Bertz CT molecular complexity index is 317. The number of nitrogens with zero attached hydrogens (tertiary/aromatic N) is 1. The molecule has 0 unspecified atom stereocenters. The van der Waals surface area contributed by atoms with Crippen LogP contribution in [0, 0.1) is 11.3 Å². The van der Waals surface area contributed by atoms with Crippen LogP contribution in [-0.2, 0) is 11.3 Å². The van der Waals surface area contributed by atoms with E-state index in [0.29, 0.717) is 12.2 Å². The van der Waals surface area contributed by atoms with E-state index in [1.807, 2.05) is 18.2 Å². The van der Waals surface area contributed by atoms with Crippen molar-refractivity contribution in [3.8, 4) is 6.07 Å². The summed E-state index contributed by atoms with van der Waals surface area (Å²) in [6.45, 7) is 0.544. The van der Waals surface area contributed by atoms with E-state index in [1.165, 1.54) is 0 Å². The molecule has 0 fully saturated rings. The van der Waals surface area contributed by atoms with Gasteiger partial charge >= 0.3 is 0 Å². The zero-order valence-corrected chi connectivity index (χ0v) is 8.26. The van der Waals surface area contributed by atoms with Crippen LogP contribution in [0.1, 0.15) is 11.1 Å². The van der Waals surface area contributed by atoms with Crippen LogP contribution >= 0.6 is 15.9 Å². The standard InChI is InChI=1S/C9H8BrNO/c1-12-6-7-2-3-9(10)8(4-7)5-11/h2-4H,6H2,1H3. The van der Waals surface area contributed by atoms with Crippen LogP contribution in [-0.4, -0.2) is 7.11 Å². The van der Waals surface area contributed by atoms with Crippen LogP contribution in [0.4, 0.5) is 0 Å². The molecular formula is C9H8BrNO. The fourth-order valence-corrected chi connectivity index (χ4v) is 1.25. The monoisotopic (exact) mass is 225 g/mol. The maximum absolute atomic E-state index is 8.69. The fraction of sp³-hybridized carbons (Fsp3) is 0.222. The van der Waals surface area contributed by atoms with Crippen molar-refractivity contribution in [2.75, 3.05) is 7.11 Å². The molecule has 0 bridgehead atoms. The average Bonchev–Trinajstić information content (AvgIpc) is 2.09. The van der Waals surface area contributed by atoms with Crippen LogP contribution in [0.5, 0.6) is 0 Å². The number of hydrogen-bond donors (Lipinski definition) is 0. The topological polar surface area (TPSA) is 33.0 Å². The first-order valence-electron chi connectivity index (χ1n) is 3.45. The van der Waals surface area contributed by atoms with Gasteiger partial charge in [0.1, 0.15) is 6.07 Å². The van der Waals surface area contributed by atoms with Crippen molar-refractivity contribution in [2.24, 2.45) is 0 Å². The zero-order valence-electron chi connectivity index (χ0n) is 6.67. The lowest BCUT2D eigenvalue weighted by Gasteiger charge is -2.00. The summed E-state index contributed by atoms with van der Waals surface area (Å²) in [5, 5.41) is 8.69. The third-order valence-corrected chi connectivity index (χ3v) is 2.15. The van der Waals surface area contributed by atoms with Gasteiger partial charge in [0.2, 0.25) is 0 Å². The molecular weight excluding hydrogens is 218 g/mol. The lowest BCUT2D eigenvalue weighted by Crippen LogP contribution is -1.88. The van der Waals surface area contributed by atoms with Gasteiger partial charge in [-0.3, -0.25) is 0 Å². The number of halogens is 1. The van der Waals surface area contributed by atoms with Crippen molar-refractivity contribution in [1.29, 1.82) is 5.26 Å². The molecule has 0 spiro atoms. The van der Waals surface area contributed by atoms with Crippen LogP contribution < -0.4 is 0 Å². The number of nitriles is 1. The summed E-state index contributed by atoms with van der Waals surface area (Å²) in [7, 11) is 1.63. The van der Waals surface area contributed by atoms with Gasteiger partial charge in [0, 0.05) is 11.6 Å². The summed E-state index contributed by atoms with van der Waals surface area (Å²) in [4.78, 5) is 0. The summed E-state index contributed by atoms with van der Waals surface area (Å²) in [5.41, 5.74) is 1.65. The fourth-order valence-electron chi connectivity index (χ4n) is 0.915. The van der Waals surface area contributed by atoms with E-state index in [4.69, 9.17) is 10.00 Å². The normalized spacial score (nSPS) is 9.42. The molecule has 0 saturated carbocycles. The van der Waals surface area contributed by atoms with Crippen LogP contribution in [0.3, 0.4) is 0 Å². The first-order valence-corrected chi connectivity index (χ1v) is 4.24. The molecule has 0 N–H and O–H groups in total. The Labute approximate surface area is 79.9 Å². The minimum Gasteiger partial charge on any atom is -0.380 e. The second kappa shape index (κ2) is 4.24. The molecule has 3 heteroatoms. The van der Waals surface area contributed by atoms with Gasteiger partial charge in [0.15, 0.2) is 0 Å². The van der Waals surface area contributed by atoms with Crippen LogP contribution in [0.25, 0.3) is 0 Å². The minimum absolute atomic E-state index is 0.544. The highest BCUT2D eigenvalue weighted by Crippen LogP contribution is 2.17. The van der Waals surface area contributed by atoms with Crippen molar-refractivity contribution < 1.29 is 4.74 Å². The first kappa shape index (κ1) is 9.24. The lowest BCUT2D eigenvalue weighted by atomic mass is 10.1. The zero-order chi connectivity index (χ0) is 8.97. The minimum atomic E-state index is 0.544. The number of benzene rings is 1. The Kier molecular flexibility index (Phi) is 3.27. The molecule has 0 aliphatic carbocycles. The number of ether oxygens (including phenoxy) is 1. The second-order valence-corrected chi connectivity index (χ2v) is 3.21. The highest BCUT2D eigenvalue weighted by atomic mass is 79.9. The van der Waals surface area contributed by atoms with Crippen molar-refractivity contribution in [3.63, 3.8) is 0 Å². The molecule has 62 valence electrons. The van der Waals surface area contributed by atoms with Crippen molar-refractivity contribution >= 4 is 15.9 Å². The van der Waals surface area contributed by atoms with Gasteiger partial charge < -0.3 is 4.74 Å². The van der Waals surface area contributed by atoms with Crippen LogP contribution in [0.15, 0.2) is 22.7 Å². The third-order valence-electron chi connectivity index (χ3n) is 1.46. The molecule has 0 amide bonds. The van der Waals surface area contributed by atoms with Crippen molar-refractivity contribution in [2.45, 2.75) is 6.61 Å². The van der Waals surface area contributed by atoms with Gasteiger partial charge in [0.05, 0.1) is 12.2 Å². The quantitative estimate of drug-likeness (QED) is 0.775. The summed E-state index contributed by atoms with van der Waals surface area (Å²) >= 11 is 3.28. The molecule has 1 aromatic carbocycles. The van der Waals surface area contributed by atoms with Gasteiger partial charge in [0.25, 0.3) is 0 Å². The SMILES string of the molecule is COCc1ccc(Br)c(C#N)c1. The summed E-state index contributed by atoms with van der Waals surface area (Å²) in [6, 6.07) is 7.68. The summed E-state index contributed by atoms with van der Waals surface area (Å²) in [6.07, 6.45) is 0. The van der Waals surface area contributed by atoms with Crippen LogP contribution in [0.2, 0.25) is 0 Å². The summed E-state index contributed by atoms with van der Waals surface area (Å²) < 4.78 is 5.77. The summed E-state index contributed by atoms with van der Waals surface area (Å²) in [5.74, 6) is 0. The predicted octanol–water partition coefficient (Wildman–Crippen LogP) is 2.47. The van der Waals surface area contributed by atoms with E-state index in [-0.39, 0.29) is 0 Å². The molecule has 0 aliphatic heterocycles. The lowest BCUT2D eigenvalue weighted by molar-refractivity contribution is 0.185. The Balaban J connectivity index is 2.99. The Morgan fingerprint density at radius 2 is 2.33 bits per heavy atom. The van der Waals surface area contributed by atoms with E-state index >= 15 is 0 Å². The van der Waals surface area contributed by atoms with E-state index in [2.05, 4.69) is 22.0 Å². The molecule has 0 saturated heterocycles. The molecule has 1 rings (SSSR count). The van der Waals surface area contributed by atoms with Gasteiger partial charge in [-0.1, -0.05) is 6.07 Å². The number of hydrogen-bond acceptors (Lipinski definition) is 2. The molecule has 0 heterocycles. The maximum atomic E-state index is 8.69. The highest BCUT2D eigenvalue weighted by molar-refractivity contribution is 9.10. The highest BCUT2D eigenvalue weighted by Gasteiger charge is 1.99. The molecule has 12 heavy (non-hydrogen) atoms. The third kappa shape index (κ3) is 2.07. The molecule has 1 aromatic rings. The van der Waals surface area contributed by atoms with Gasteiger partial charge in [-0.15, -0.1) is 0 Å². The van der Waals surface area contributed by atoms with Gasteiger partial charge in [-0.25, -0.2) is 0 Å². The van der Waals surface area contributed by atoms with Crippen molar-refractivity contribution in [3.05, 3.63) is 33.8 Å². The molecule has 0 radical (unpaired) electrons. The number of rotatable bonds is 2. The largest absolute Gasteiger partial charge is 0.380 e. The Hall–Kier alpha value is -0.850. The second-order valence-electron chi connectivity index (χ2n) is 2.36. The smallest absolute Gasteiger partial charge is 0.100 e. The van der Waals surface area contributed by atoms with E-state index in [9.17, 15) is 0 Å². The van der Waals surface area contributed by atoms with E-state index in [1.54, 1.807) is 7.11 Å². The van der Waals surface area contributed by atoms with Gasteiger partial charge in [-0.05, 0) is 33.6 Å². The predicted molar refractivity (Wildman–Crippen MR) is 49.6 cm³/mol. The molecule has 0 aromatic heterocycles. The Morgan fingerprint density at radius 1 is 1.58 bits per heavy atom.